The molecule has 2 rings (SSSR count). The number of piperidine rings is 1. The highest BCUT2D eigenvalue weighted by atomic mass is 127. The predicted octanol–water partition coefficient (Wildman–Crippen LogP) is 3.43. The Morgan fingerprint density at radius 2 is 1.94 bits per heavy atom. The topological polar surface area (TPSA) is 15.3 Å². The van der Waals surface area contributed by atoms with Crippen molar-refractivity contribution in [2.75, 3.05) is 25.5 Å². The Morgan fingerprint density at radius 3 is 2.59 bits per heavy atom. The van der Waals surface area contributed by atoms with Crippen LogP contribution in [0.15, 0.2) is 24.3 Å². The van der Waals surface area contributed by atoms with Gasteiger partial charge in [0.1, 0.15) is 0 Å². The van der Waals surface area contributed by atoms with Crippen LogP contribution in [0.1, 0.15) is 19.8 Å². The van der Waals surface area contributed by atoms with E-state index >= 15 is 0 Å². The summed E-state index contributed by atoms with van der Waals surface area (Å²) < 4.78 is 1.31. The van der Waals surface area contributed by atoms with E-state index in [1.807, 2.05) is 0 Å². The van der Waals surface area contributed by atoms with Crippen LogP contribution < -0.4 is 5.32 Å². The van der Waals surface area contributed by atoms with Gasteiger partial charge in [-0.3, -0.25) is 0 Å². The minimum absolute atomic E-state index is 0.569. The van der Waals surface area contributed by atoms with E-state index in [1.165, 1.54) is 35.2 Å². The van der Waals surface area contributed by atoms with E-state index < -0.39 is 0 Å². The quantitative estimate of drug-likeness (QED) is 0.846. The first-order chi connectivity index (χ1) is 8.16. The second-order valence-electron chi connectivity index (χ2n) is 5.05. The van der Waals surface area contributed by atoms with Gasteiger partial charge in [0.2, 0.25) is 0 Å². The predicted molar refractivity (Wildman–Crippen MR) is 82.5 cm³/mol. The molecule has 0 spiro atoms. The number of hydrogen-bond donors (Lipinski definition) is 1. The van der Waals surface area contributed by atoms with Crippen molar-refractivity contribution in [3.05, 3.63) is 27.8 Å². The standard InChI is InChI=1S/C14H21IN2/c1-11(12-7-9-17(2)10-8-12)16-14-6-4-3-5-13(14)15/h3-6,11-12,16H,7-10H2,1-2H3. The molecule has 1 aliphatic heterocycles. The van der Waals surface area contributed by atoms with Gasteiger partial charge in [0.25, 0.3) is 0 Å². The second-order valence-corrected chi connectivity index (χ2v) is 6.22. The fourth-order valence-electron chi connectivity index (χ4n) is 2.47. The lowest BCUT2D eigenvalue weighted by Gasteiger charge is -2.33. The molecule has 1 fully saturated rings. The van der Waals surface area contributed by atoms with Crippen molar-refractivity contribution in [3.8, 4) is 0 Å². The van der Waals surface area contributed by atoms with E-state index in [9.17, 15) is 0 Å². The van der Waals surface area contributed by atoms with Crippen LogP contribution in [-0.2, 0) is 0 Å². The zero-order chi connectivity index (χ0) is 12.3. The number of para-hydroxylation sites is 1. The van der Waals surface area contributed by atoms with E-state index in [0.29, 0.717) is 6.04 Å². The SMILES string of the molecule is CC(Nc1ccccc1I)C1CCN(C)CC1. The van der Waals surface area contributed by atoms with Crippen LogP contribution in [0, 0.1) is 9.49 Å². The summed E-state index contributed by atoms with van der Waals surface area (Å²) >= 11 is 2.40. The maximum absolute atomic E-state index is 3.67. The highest BCUT2D eigenvalue weighted by Crippen LogP contribution is 2.24. The van der Waals surface area contributed by atoms with Crippen LogP contribution in [0.2, 0.25) is 0 Å². The fourth-order valence-corrected chi connectivity index (χ4v) is 3.01. The molecule has 0 amide bonds. The second kappa shape index (κ2) is 6.05. The van der Waals surface area contributed by atoms with E-state index in [0.717, 1.165) is 5.92 Å². The molecular formula is C14H21IN2. The van der Waals surface area contributed by atoms with Gasteiger partial charge >= 0.3 is 0 Å². The molecule has 17 heavy (non-hydrogen) atoms. The van der Waals surface area contributed by atoms with E-state index in [4.69, 9.17) is 0 Å². The van der Waals surface area contributed by atoms with E-state index in [2.05, 4.69) is 71.0 Å². The van der Waals surface area contributed by atoms with Crippen molar-refractivity contribution >= 4 is 28.3 Å². The lowest BCUT2D eigenvalue weighted by molar-refractivity contribution is 0.208. The molecule has 0 radical (unpaired) electrons. The van der Waals surface area contributed by atoms with E-state index in [1.54, 1.807) is 0 Å². The number of nitrogens with zero attached hydrogens (tertiary/aromatic N) is 1. The van der Waals surface area contributed by atoms with Crippen LogP contribution in [0.25, 0.3) is 0 Å². The number of benzene rings is 1. The summed E-state index contributed by atoms with van der Waals surface area (Å²) in [5, 5.41) is 3.67. The highest BCUT2D eigenvalue weighted by Gasteiger charge is 2.22. The molecule has 1 heterocycles. The third kappa shape index (κ3) is 3.58. The van der Waals surface area contributed by atoms with Gasteiger partial charge in [0, 0.05) is 15.3 Å². The molecule has 0 aromatic heterocycles. The number of halogens is 1. The number of rotatable bonds is 3. The largest absolute Gasteiger partial charge is 0.381 e. The molecule has 94 valence electrons. The van der Waals surface area contributed by atoms with Gasteiger partial charge in [-0.2, -0.15) is 0 Å². The molecular weight excluding hydrogens is 323 g/mol. The third-order valence-electron chi connectivity index (χ3n) is 3.73. The van der Waals surface area contributed by atoms with Crippen LogP contribution in [0.5, 0.6) is 0 Å². The Bertz CT molecular complexity index is 359. The minimum Gasteiger partial charge on any atom is -0.381 e. The number of likely N-dealkylation sites (tertiary alicyclic amines) is 1. The van der Waals surface area contributed by atoms with Crippen molar-refractivity contribution in [2.24, 2.45) is 5.92 Å². The van der Waals surface area contributed by atoms with Gasteiger partial charge in [-0.1, -0.05) is 12.1 Å². The maximum Gasteiger partial charge on any atom is 0.0478 e. The Kier molecular flexibility index (Phi) is 4.68. The first kappa shape index (κ1) is 13.1. The Hall–Kier alpha value is -0.290. The van der Waals surface area contributed by atoms with Gasteiger partial charge in [0.05, 0.1) is 0 Å². The number of nitrogens with one attached hydrogen (secondary N) is 1. The molecule has 1 saturated heterocycles. The Labute approximate surface area is 118 Å². The Balaban J connectivity index is 1.93. The molecule has 0 saturated carbocycles. The molecule has 1 aromatic rings. The van der Waals surface area contributed by atoms with Gasteiger partial charge in [-0.05, 0) is 80.5 Å². The summed E-state index contributed by atoms with van der Waals surface area (Å²) in [5.74, 6) is 0.808. The average molecular weight is 344 g/mol. The summed E-state index contributed by atoms with van der Waals surface area (Å²) in [5.41, 5.74) is 1.28. The van der Waals surface area contributed by atoms with Crippen LogP contribution in [-0.4, -0.2) is 31.1 Å². The molecule has 1 atom stereocenters. The third-order valence-corrected chi connectivity index (χ3v) is 4.67. The van der Waals surface area contributed by atoms with E-state index in [-0.39, 0.29) is 0 Å². The first-order valence-corrected chi connectivity index (χ1v) is 7.44. The zero-order valence-electron chi connectivity index (χ0n) is 10.6. The van der Waals surface area contributed by atoms with Crippen molar-refractivity contribution < 1.29 is 0 Å². The van der Waals surface area contributed by atoms with Gasteiger partial charge in [0.15, 0.2) is 0 Å². The van der Waals surface area contributed by atoms with Crippen LogP contribution in [0.3, 0.4) is 0 Å². The summed E-state index contributed by atoms with van der Waals surface area (Å²) in [6.07, 6.45) is 2.63. The molecule has 2 nitrogen and oxygen atoms in total. The van der Waals surface area contributed by atoms with Gasteiger partial charge < -0.3 is 10.2 Å². The molecule has 0 aliphatic carbocycles. The summed E-state index contributed by atoms with van der Waals surface area (Å²) in [6, 6.07) is 9.09. The van der Waals surface area contributed by atoms with Crippen molar-refractivity contribution in [1.29, 1.82) is 0 Å². The van der Waals surface area contributed by atoms with Crippen molar-refractivity contribution in [2.45, 2.75) is 25.8 Å². The lowest BCUT2D eigenvalue weighted by Crippen LogP contribution is -2.37. The molecule has 1 unspecified atom stereocenters. The zero-order valence-corrected chi connectivity index (χ0v) is 12.8. The fraction of sp³-hybridized carbons (Fsp3) is 0.571. The molecule has 1 N–H and O–H groups in total. The molecule has 3 heteroatoms. The minimum atomic E-state index is 0.569. The monoisotopic (exact) mass is 344 g/mol. The molecule has 0 bridgehead atoms. The average Bonchev–Trinajstić information content (AvgIpc) is 2.33. The maximum atomic E-state index is 3.67. The summed E-state index contributed by atoms with van der Waals surface area (Å²) in [4.78, 5) is 2.43. The van der Waals surface area contributed by atoms with Crippen molar-refractivity contribution in [1.82, 2.24) is 4.90 Å². The van der Waals surface area contributed by atoms with Crippen molar-refractivity contribution in [3.63, 3.8) is 0 Å². The Morgan fingerprint density at radius 1 is 1.29 bits per heavy atom. The first-order valence-electron chi connectivity index (χ1n) is 6.36. The summed E-state index contributed by atoms with van der Waals surface area (Å²) in [6.45, 7) is 4.80. The number of hydrogen-bond acceptors (Lipinski definition) is 2. The molecule has 1 aromatic carbocycles. The molecule has 1 aliphatic rings. The van der Waals surface area contributed by atoms with Crippen LogP contribution in [0.4, 0.5) is 5.69 Å². The summed E-state index contributed by atoms with van der Waals surface area (Å²) in [7, 11) is 2.22. The van der Waals surface area contributed by atoms with Gasteiger partial charge in [-0.25, -0.2) is 0 Å². The highest BCUT2D eigenvalue weighted by molar-refractivity contribution is 14.1. The van der Waals surface area contributed by atoms with Crippen LogP contribution >= 0.6 is 22.6 Å². The number of anilines is 1. The lowest BCUT2D eigenvalue weighted by atomic mass is 9.90. The normalized spacial score (nSPS) is 20.2. The van der Waals surface area contributed by atoms with Gasteiger partial charge in [-0.15, -0.1) is 0 Å². The smallest absolute Gasteiger partial charge is 0.0478 e.